The Morgan fingerprint density at radius 1 is 1.12 bits per heavy atom. The number of carbonyl (C=O) groups excluding carboxylic acids is 2. The third-order valence-corrected chi connectivity index (χ3v) is 3.63. The summed E-state index contributed by atoms with van der Waals surface area (Å²) in [7, 11) is 1.42. The van der Waals surface area contributed by atoms with Crippen LogP contribution in [0.1, 0.15) is 32.3 Å². The monoisotopic (exact) mass is 357 g/mol. The molecule has 0 saturated carbocycles. The van der Waals surface area contributed by atoms with E-state index in [1.807, 2.05) is 42.5 Å². The molecule has 0 aliphatic heterocycles. The Balaban J connectivity index is 0.000000273. The molecular formula is C21H27NO4. The van der Waals surface area contributed by atoms with Crippen molar-refractivity contribution in [2.24, 2.45) is 11.1 Å². The maximum atomic E-state index is 11.0. The van der Waals surface area contributed by atoms with Gasteiger partial charge in [0.1, 0.15) is 6.61 Å². The van der Waals surface area contributed by atoms with E-state index in [0.29, 0.717) is 6.42 Å². The van der Waals surface area contributed by atoms with Crippen LogP contribution < -0.4 is 5.73 Å². The second kappa shape index (κ2) is 10.9. The number of carbonyl (C=O) groups is 2. The van der Waals surface area contributed by atoms with Crippen molar-refractivity contribution < 1.29 is 19.1 Å². The molecule has 2 rings (SSSR count). The fourth-order valence-corrected chi connectivity index (χ4v) is 2.10. The van der Waals surface area contributed by atoms with E-state index in [0.717, 1.165) is 12.0 Å². The van der Waals surface area contributed by atoms with Gasteiger partial charge < -0.3 is 15.2 Å². The van der Waals surface area contributed by atoms with Gasteiger partial charge in [0, 0.05) is 11.8 Å². The number of rotatable bonds is 5. The Kier molecular flexibility index (Phi) is 8.92. The molecule has 0 unspecified atom stereocenters. The van der Waals surface area contributed by atoms with Crippen LogP contribution in [0.15, 0.2) is 66.3 Å². The minimum atomic E-state index is -0.742. The summed E-state index contributed by atoms with van der Waals surface area (Å²) >= 11 is 0. The molecule has 0 atom stereocenters. The zero-order chi connectivity index (χ0) is 19.4. The lowest BCUT2D eigenvalue weighted by atomic mass is 9.93. The SMILES string of the molecule is COC(=O)CCC1=CC=CC(C)(C)C=C1.NC(=O)OCc1ccccc1. The molecule has 0 bridgehead atoms. The first-order chi connectivity index (χ1) is 12.3. The van der Waals surface area contributed by atoms with E-state index < -0.39 is 6.09 Å². The molecule has 0 heterocycles. The number of methoxy groups -OCH3 is 1. The van der Waals surface area contributed by atoms with Crippen LogP contribution in [0.5, 0.6) is 0 Å². The van der Waals surface area contributed by atoms with Crippen LogP contribution in [-0.4, -0.2) is 19.2 Å². The van der Waals surface area contributed by atoms with Crippen molar-refractivity contribution in [2.45, 2.75) is 33.3 Å². The number of ether oxygens (including phenoxy) is 2. The largest absolute Gasteiger partial charge is 0.469 e. The maximum absolute atomic E-state index is 11.0. The molecule has 0 aromatic heterocycles. The minimum Gasteiger partial charge on any atom is -0.469 e. The van der Waals surface area contributed by atoms with Gasteiger partial charge in [-0.05, 0) is 17.6 Å². The summed E-state index contributed by atoms with van der Waals surface area (Å²) in [4.78, 5) is 21.1. The summed E-state index contributed by atoms with van der Waals surface area (Å²) in [5.74, 6) is -0.156. The van der Waals surface area contributed by atoms with Gasteiger partial charge in [-0.15, -0.1) is 0 Å². The van der Waals surface area contributed by atoms with Crippen molar-refractivity contribution in [3.8, 4) is 0 Å². The summed E-state index contributed by atoms with van der Waals surface area (Å²) in [5, 5.41) is 0. The summed E-state index contributed by atoms with van der Waals surface area (Å²) in [5.41, 5.74) is 6.98. The van der Waals surface area contributed by atoms with E-state index in [-0.39, 0.29) is 18.0 Å². The van der Waals surface area contributed by atoms with E-state index in [1.165, 1.54) is 12.7 Å². The van der Waals surface area contributed by atoms with Gasteiger partial charge >= 0.3 is 12.1 Å². The van der Waals surface area contributed by atoms with Gasteiger partial charge in [-0.25, -0.2) is 4.79 Å². The standard InChI is InChI=1S/C13H18O2.C8H9NO2/c1-13(2)9-4-5-11(8-10-13)6-7-12(14)15-3;9-8(10)11-6-7-4-2-1-3-5-7/h4-5,8-10H,6-7H2,1-3H3;1-5H,6H2,(H2,9,10). The molecule has 1 aromatic rings. The molecule has 1 amide bonds. The number of hydrogen-bond donors (Lipinski definition) is 1. The Bertz CT molecular complexity index is 673. The summed E-state index contributed by atoms with van der Waals surface area (Å²) in [6.07, 6.45) is 10.9. The van der Waals surface area contributed by atoms with Crippen molar-refractivity contribution in [3.05, 3.63) is 71.8 Å². The highest BCUT2D eigenvalue weighted by Crippen LogP contribution is 2.23. The highest BCUT2D eigenvalue weighted by Gasteiger charge is 2.10. The molecule has 0 radical (unpaired) electrons. The quantitative estimate of drug-likeness (QED) is 0.797. The maximum Gasteiger partial charge on any atom is 0.404 e. The molecule has 1 aliphatic carbocycles. The van der Waals surface area contributed by atoms with Gasteiger partial charge in [0.25, 0.3) is 0 Å². The van der Waals surface area contributed by atoms with Crippen molar-refractivity contribution in [1.29, 1.82) is 0 Å². The molecule has 2 N–H and O–H groups in total. The van der Waals surface area contributed by atoms with Gasteiger partial charge in [0.15, 0.2) is 0 Å². The Morgan fingerprint density at radius 3 is 2.42 bits per heavy atom. The molecule has 1 aliphatic rings. The first-order valence-electron chi connectivity index (χ1n) is 8.43. The lowest BCUT2D eigenvalue weighted by Gasteiger charge is -2.12. The van der Waals surface area contributed by atoms with E-state index >= 15 is 0 Å². The van der Waals surface area contributed by atoms with Gasteiger partial charge in [0.05, 0.1) is 7.11 Å². The zero-order valence-electron chi connectivity index (χ0n) is 15.6. The summed E-state index contributed by atoms with van der Waals surface area (Å²) in [6, 6.07) is 9.37. The van der Waals surface area contributed by atoms with Crippen LogP contribution in [0.4, 0.5) is 4.79 Å². The number of benzene rings is 1. The predicted molar refractivity (Wildman–Crippen MR) is 102 cm³/mol. The molecule has 5 nitrogen and oxygen atoms in total. The summed E-state index contributed by atoms with van der Waals surface area (Å²) in [6.45, 7) is 4.55. The van der Waals surface area contributed by atoms with Gasteiger partial charge in [0.2, 0.25) is 0 Å². The second-order valence-electron chi connectivity index (χ2n) is 6.42. The molecule has 140 valence electrons. The third kappa shape index (κ3) is 9.47. The van der Waals surface area contributed by atoms with E-state index in [9.17, 15) is 9.59 Å². The molecule has 0 fully saturated rings. The first kappa shape index (κ1) is 21.2. The molecule has 1 aromatic carbocycles. The Morgan fingerprint density at radius 2 is 1.81 bits per heavy atom. The van der Waals surface area contributed by atoms with Crippen LogP contribution in [-0.2, 0) is 20.9 Å². The summed E-state index contributed by atoms with van der Waals surface area (Å²) < 4.78 is 9.17. The fraction of sp³-hybridized carbons (Fsp3) is 0.333. The number of nitrogens with two attached hydrogens (primary N) is 1. The average molecular weight is 357 g/mol. The molecule has 5 heteroatoms. The van der Waals surface area contributed by atoms with E-state index in [2.05, 4.69) is 41.5 Å². The second-order valence-corrected chi connectivity index (χ2v) is 6.42. The van der Waals surface area contributed by atoms with E-state index in [4.69, 9.17) is 5.73 Å². The number of primary amides is 1. The average Bonchev–Trinajstić information content (AvgIpc) is 2.79. The fourth-order valence-electron chi connectivity index (χ4n) is 2.10. The predicted octanol–water partition coefficient (Wildman–Crippen LogP) is 4.30. The Labute approximate surface area is 155 Å². The normalized spacial score (nSPS) is 14.3. The molecule has 26 heavy (non-hydrogen) atoms. The smallest absolute Gasteiger partial charge is 0.404 e. The zero-order valence-corrected chi connectivity index (χ0v) is 15.6. The van der Waals surface area contributed by atoms with Crippen LogP contribution in [0.3, 0.4) is 0 Å². The van der Waals surface area contributed by atoms with Crippen molar-refractivity contribution in [2.75, 3.05) is 7.11 Å². The van der Waals surface area contributed by atoms with Crippen molar-refractivity contribution in [3.63, 3.8) is 0 Å². The van der Waals surface area contributed by atoms with Crippen LogP contribution in [0.2, 0.25) is 0 Å². The minimum absolute atomic E-state index is 0.101. The topological polar surface area (TPSA) is 78.6 Å². The molecule has 0 spiro atoms. The van der Waals surface area contributed by atoms with Crippen molar-refractivity contribution >= 4 is 12.1 Å². The van der Waals surface area contributed by atoms with Crippen LogP contribution in [0.25, 0.3) is 0 Å². The Hall–Kier alpha value is -2.82. The lowest BCUT2D eigenvalue weighted by molar-refractivity contribution is -0.140. The molecule has 0 saturated heterocycles. The first-order valence-corrected chi connectivity index (χ1v) is 8.43. The van der Waals surface area contributed by atoms with Gasteiger partial charge in [-0.1, -0.05) is 74.6 Å². The molecular weight excluding hydrogens is 330 g/mol. The highest BCUT2D eigenvalue weighted by atomic mass is 16.5. The van der Waals surface area contributed by atoms with Crippen LogP contribution in [0, 0.1) is 5.41 Å². The van der Waals surface area contributed by atoms with E-state index in [1.54, 1.807) is 0 Å². The number of esters is 1. The highest BCUT2D eigenvalue weighted by molar-refractivity contribution is 5.69. The van der Waals surface area contributed by atoms with Crippen molar-refractivity contribution in [1.82, 2.24) is 0 Å². The third-order valence-electron chi connectivity index (χ3n) is 3.63. The van der Waals surface area contributed by atoms with Crippen LogP contribution >= 0.6 is 0 Å². The number of amides is 1. The number of allylic oxidation sites excluding steroid dienone is 6. The van der Waals surface area contributed by atoms with Gasteiger partial charge in [-0.2, -0.15) is 0 Å². The van der Waals surface area contributed by atoms with Gasteiger partial charge in [-0.3, -0.25) is 4.79 Å². The lowest BCUT2D eigenvalue weighted by Crippen LogP contribution is -2.12. The number of hydrogen-bond acceptors (Lipinski definition) is 4.